The van der Waals surface area contributed by atoms with Gasteiger partial charge in [0.1, 0.15) is 5.50 Å². The van der Waals surface area contributed by atoms with Crippen molar-refractivity contribution >= 4 is 21.8 Å². The van der Waals surface area contributed by atoms with E-state index in [0.29, 0.717) is 18.7 Å². The van der Waals surface area contributed by atoms with Gasteiger partial charge in [0, 0.05) is 24.2 Å². The van der Waals surface area contributed by atoms with Gasteiger partial charge >= 0.3 is 0 Å². The van der Waals surface area contributed by atoms with Crippen LogP contribution in [0.25, 0.3) is 0 Å². The first-order chi connectivity index (χ1) is 12.9. The first-order valence-corrected chi connectivity index (χ1v) is 11.2. The van der Waals surface area contributed by atoms with Gasteiger partial charge in [0.2, 0.25) is 10.0 Å². The van der Waals surface area contributed by atoms with E-state index in [9.17, 15) is 8.42 Å². The Morgan fingerprint density at radius 3 is 2.44 bits per heavy atom. The Balaban J connectivity index is 1.93. The molecule has 7 heteroatoms. The molecule has 2 aromatic rings. The van der Waals surface area contributed by atoms with Crippen molar-refractivity contribution < 1.29 is 8.42 Å². The third-order valence-corrected chi connectivity index (χ3v) is 6.60. The molecule has 0 amide bonds. The number of allylic oxidation sites excluding steroid dienone is 1. The van der Waals surface area contributed by atoms with Crippen LogP contribution in [0.1, 0.15) is 23.6 Å². The second-order valence-corrected chi connectivity index (χ2v) is 9.67. The average molecular weight is 400 g/mol. The van der Waals surface area contributed by atoms with Crippen LogP contribution in [0, 0.1) is 11.3 Å². The molecule has 0 fully saturated rings. The fraction of sp³-hybridized carbons (Fsp3) is 0.250. The van der Waals surface area contributed by atoms with Gasteiger partial charge in [0.15, 0.2) is 0 Å². The van der Waals surface area contributed by atoms with Crippen LogP contribution in [0.15, 0.2) is 65.7 Å². The van der Waals surface area contributed by atoms with Crippen molar-refractivity contribution in [3.63, 3.8) is 0 Å². The molecular formula is C20H21N3O2S2. The molecule has 5 nitrogen and oxygen atoms in total. The van der Waals surface area contributed by atoms with Crippen molar-refractivity contribution in [2.45, 2.75) is 25.5 Å². The van der Waals surface area contributed by atoms with E-state index in [-0.39, 0.29) is 5.50 Å². The molecule has 0 N–H and O–H groups in total. The van der Waals surface area contributed by atoms with E-state index in [0.717, 1.165) is 16.0 Å². The summed E-state index contributed by atoms with van der Waals surface area (Å²) in [6.07, 6.45) is 2.92. The summed E-state index contributed by atoms with van der Waals surface area (Å²) in [4.78, 5) is 3.07. The highest BCUT2D eigenvalue weighted by molar-refractivity contribution is 8.04. The van der Waals surface area contributed by atoms with E-state index >= 15 is 0 Å². The Hall–Kier alpha value is -2.27. The average Bonchev–Trinajstić information content (AvgIpc) is 3.04. The summed E-state index contributed by atoms with van der Waals surface area (Å²) in [5.41, 5.74) is 2.32. The highest BCUT2D eigenvalue weighted by Crippen LogP contribution is 2.37. The minimum Gasteiger partial charge on any atom is -0.265 e. The molecule has 27 heavy (non-hydrogen) atoms. The maximum atomic E-state index is 12.3. The van der Waals surface area contributed by atoms with Crippen molar-refractivity contribution in [3.8, 4) is 6.07 Å². The van der Waals surface area contributed by atoms with Crippen LogP contribution in [0.4, 0.5) is 0 Å². The molecule has 0 saturated heterocycles. The van der Waals surface area contributed by atoms with Gasteiger partial charge < -0.3 is 0 Å². The van der Waals surface area contributed by atoms with Crippen LogP contribution in [0.2, 0.25) is 0 Å². The standard InChI is InChI=1S/C20H21N3O2S2/c1-16-13-23(27(2,24)25)20(26-16)22(14-17-7-4-3-5-8-17)15-19-10-6-9-18(11-19)12-21/h3-11,13,20H,14-15H2,1-2H3. The summed E-state index contributed by atoms with van der Waals surface area (Å²) < 4.78 is 26.0. The summed E-state index contributed by atoms with van der Waals surface area (Å²) in [7, 11) is -3.38. The lowest BCUT2D eigenvalue weighted by Gasteiger charge is -2.34. The molecule has 0 aliphatic carbocycles. The van der Waals surface area contributed by atoms with E-state index in [1.807, 2.05) is 55.5 Å². The van der Waals surface area contributed by atoms with Crippen molar-refractivity contribution in [2.24, 2.45) is 0 Å². The summed E-state index contributed by atoms with van der Waals surface area (Å²) in [6, 6.07) is 19.6. The van der Waals surface area contributed by atoms with Crippen LogP contribution in [0.5, 0.6) is 0 Å². The molecule has 0 radical (unpaired) electrons. The van der Waals surface area contributed by atoms with Crippen LogP contribution >= 0.6 is 11.8 Å². The number of hydrogen-bond acceptors (Lipinski definition) is 5. The minimum absolute atomic E-state index is 0.356. The van der Waals surface area contributed by atoms with Crippen molar-refractivity contribution in [2.75, 3.05) is 6.26 Å². The van der Waals surface area contributed by atoms with E-state index in [4.69, 9.17) is 5.26 Å². The van der Waals surface area contributed by atoms with Crippen LogP contribution in [0.3, 0.4) is 0 Å². The number of hydrogen-bond donors (Lipinski definition) is 0. The Labute approximate surface area is 165 Å². The van der Waals surface area contributed by atoms with Gasteiger partial charge in [-0.15, -0.1) is 0 Å². The van der Waals surface area contributed by atoms with Crippen LogP contribution in [-0.4, -0.2) is 29.4 Å². The topological polar surface area (TPSA) is 64.4 Å². The van der Waals surface area contributed by atoms with Gasteiger partial charge in [-0.1, -0.05) is 54.2 Å². The lowest BCUT2D eigenvalue weighted by Crippen LogP contribution is -2.43. The number of rotatable bonds is 6. The molecule has 140 valence electrons. The molecule has 1 atom stereocenters. The lowest BCUT2D eigenvalue weighted by molar-refractivity contribution is 0.179. The smallest absolute Gasteiger partial charge is 0.233 e. The van der Waals surface area contributed by atoms with E-state index < -0.39 is 10.0 Å². The largest absolute Gasteiger partial charge is 0.265 e. The molecule has 0 bridgehead atoms. The first-order valence-electron chi connectivity index (χ1n) is 8.47. The van der Waals surface area contributed by atoms with Crippen LogP contribution in [-0.2, 0) is 23.1 Å². The molecule has 1 unspecified atom stereocenters. The number of nitrogens with zero attached hydrogens (tertiary/aromatic N) is 3. The van der Waals surface area contributed by atoms with Gasteiger partial charge in [-0.2, -0.15) is 5.26 Å². The fourth-order valence-corrected chi connectivity index (χ4v) is 5.44. The predicted molar refractivity (Wildman–Crippen MR) is 109 cm³/mol. The second-order valence-electron chi connectivity index (χ2n) is 6.48. The zero-order valence-electron chi connectivity index (χ0n) is 15.2. The molecule has 3 rings (SSSR count). The second kappa shape index (κ2) is 8.17. The maximum Gasteiger partial charge on any atom is 0.233 e. The molecule has 2 aromatic carbocycles. The molecule has 0 spiro atoms. The predicted octanol–water partition coefficient (Wildman–Crippen LogP) is 3.71. The summed E-state index contributed by atoms with van der Waals surface area (Å²) >= 11 is 1.53. The molecule has 1 heterocycles. The minimum atomic E-state index is -3.38. The fourth-order valence-electron chi connectivity index (χ4n) is 2.99. The highest BCUT2D eigenvalue weighted by atomic mass is 32.2. The third kappa shape index (κ3) is 4.92. The van der Waals surface area contributed by atoms with Gasteiger partial charge in [-0.05, 0) is 30.2 Å². The first kappa shape index (κ1) is 19.5. The number of sulfonamides is 1. The van der Waals surface area contributed by atoms with Crippen LogP contribution < -0.4 is 0 Å². The Morgan fingerprint density at radius 2 is 1.78 bits per heavy atom. The van der Waals surface area contributed by atoms with E-state index in [1.165, 1.54) is 22.3 Å². The van der Waals surface area contributed by atoms with Gasteiger partial charge in [-0.3, -0.25) is 4.90 Å². The molecular weight excluding hydrogens is 378 g/mol. The molecule has 1 aliphatic rings. The zero-order chi connectivity index (χ0) is 19.4. The van der Waals surface area contributed by atoms with Crippen molar-refractivity contribution in [1.29, 1.82) is 5.26 Å². The lowest BCUT2D eigenvalue weighted by atomic mass is 10.1. The van der Waals surface area contributed by atoms with E-state index in [1.54, 1.807) is 12.3 Å². The monoisotopic (exact) mass is 399 g/mol. The van der Waals surface area contributed by atoms with E-state index in [2.05, 4.69) is 11.0 Å². The number of benzene rings is 2. The molecule has 0 saturated carbocycles. The van der Waals surface area contributed by atoms with Gasteiger partial charge in [-0.25, -0.2) is 12.7 Å². The zero-order valence-corrected chi connectivity index (χ0v) is 16.9. The van der Waals surface area contributed by atoms with Crippen molar-refractivity contribution in [3.05, 3.63) is 82.4 Å². The maximum absolute atomic E-state index is 12.3. The normalized spacial score (nSPS) is 17.0. The Bertz CT molecular complexity index is 982. The van der Waals surface area contributed by atoms with Gasteiger partial charge in [0.25, 0.3) is 0 Å². The Morgan fingerprint density at radius 1 is 1.11 bits per heavy atom. The quantitative estimate of drug-likeness (QED) is 0.741. The summed E-state index contributed by atoms with van der Waals surface area (Å²) in [5, 5.41) is 9.16. The Kier molecular flexibility index (Phi) is 5.90. The molecule has 0 aromatic heterocycles. The summed E-state index contributed by atoms with van der Waals surface area (Å²) in [6.45, 7) is 3.05. The van der Waals surface area contributed by atoms with Gasteiger partial charge in [0.05, 0.1) is 17.9 Å². The summed E-state index contributed by atoms with van der Waals surface area (Å²) in [5.74, 6) is 0. The SMILES string of the molecule is CC1=CN(S(C)(=O)=O)C(N(Cc2ccccc2)Cc2cccc(C#N)c2)S1. The number of nitriles is 1. The highest BCUT2D eigenvalue weighted by Gasteiger charge is 2.34. The number of thioether (sulfide) groups is 1. The third-order valence-electron chi connectivity index (χ3n) is 4.18. The molecule has 1 aliphatic heterocycles. The van der Waals surface area contributed by atoms with Crippen molar-refractivity contribution in [1.82, 2.24) is 9.21 Å².